The largest absolute Gasteiger partial charge is 0.497 e. The third-order valence-corrected chi connectivity index (χ3v) is 6.83. The van der Waals surface area contributed by atoms with E-state index in [1.165, 1.54) is 18.0 Å². The van der Waals surface area contributed by atoms with Gasteiger partial charge in [0.05, 0.1) is 24.3 Å². The minimum atomic E-state index is -3.83. The van der Waals surface area contributed by atoms with Crippen molar-refractivity contribution in [2.75, 3.05) is 43.1 Å². The Balaban J connectivity index is 1.36. The number of benzene rings is 2. The molecule has 0 unspecified atom stereocenters. The Morgan fingerprint density at radius 2 is 1.59 bits per heavy atom. The number of fused-ring (bicyclic) bond motifs is 1. The van der Waals surface area contributed by atoms with Gasteiger partial charge in [0.2, 0.25) is 10.0 Å². The van der Waals surface area contributed by atoms with E-state index < -0.39 is 10.0 Å². The van der Waals surface area contributed by atoms with Crippen LogP contribution in [0.5, 0.6) is 5.75 Å². The molecule has 1 aliphatic rings. The summed E-state index contributed by atoms with van der Waals surface area (Å²) in [7, 11) is -2.17. The molecule has 2 aromatic heterocycles. The second-order valence-corrected chi connectivity index (χ2v) is 9.62. The van der Waals surface area contributed by atoms with Crippen molar-refractivity contribution in [3.63, 3.8) is 0 Å². The van der Waals surface area contributed by atoms with E-state index in [-0.39, 0.29) is 4.90 Å². The number of anilines is 2. The van der Waals surface area contributed by atoms with Gasteiger partial charge < -0.3 is 14.5 Å². The first kappa shape index (κ1) is 22.1. The number of aromatic nitrogens is 3. The van der Waals surface area contributed by atoms with Gasteiger partial charge in [-0.3, -0.25) is 9.97 Å². The van der Waals surface area contributed by atoms with Crippen LogP contribution in [-0.2, 0) is 10.0 Å². The molecule has 0 radical (unpaired) electrons. The third kappa shape index (κ3) is 4.50. The fraction of sp³-hybridized carbons (Fsp3) is 0.208. The van der Waals surface area contributed by atoms with E-state index in [1.54, 1.807) is 19.5 Å². The minimum absolute atomic E-state index is 0.0281. The first-order chi connectivity index (χ1) is 16.4. The average Bonchev–Trinajstić information content (AvgIpc) is 2.88. The number of sulfonamides is 1. The molecule has 9 nitrogen and oxygen atoms in total. The standard InChI is InChI=1S/C24H24N6O3S/c1-33-20-5-3-19(4-6-20)29-8-10-30(11-9-29)24-16-27-22-7-2-17(13-23(22)28-24)18-12-21(15-26-14-18)34(25,31)32/h2-7,12-16H,8-11H2,1H3,(H2,25,31,32). The van der Waals surface area contributed by atoms with Crippen LogP contribution < -0.4 is 19.7 Å². The maximum absolute atomic E-state index is 11.7. The molecule has 0 saturated carbocycles. The fourth-order valence-corrected chi connectivity index (χ4v) is 4.55. The summed E-state index contributed by atoms with van der Waals surface area (Å²) < 4.78 is 28.6. The van der Waals surface area contributed by atoms with Gasteiger partial charge in [-0.05, 0) is 48.0 Å². The number of nitrogens with zero attached hydrogens (tertiary/aromatic N) is 5. The summed E-state index contributed by atoms with van der Waals surface area (Å²) in [6.45, 7) is 3.40. The second kappa shape index (κ2) is 8.88. The highest BCUT2D eigenvalue weighted by atomic mass is 32.2. The molecule has 1 saturated heterocycles. The molecule has 1 fully saturated rings. The molecular weight excluding hydrogens is 452 g/mol. The molecule has 4 aromatic rings. The molecule has 174 valence electrons. The fourth-order valence-electron chi connectivity index (χ4n) is 4.05. The third-order valence-electron chi connectivity index (χ3n) is 5.95. The normalized spacial score (nSPS) is 14.4. The van der Waals surface area contributed by atoms with Crippen molar-refractivity contribution < 1.29 is 13.2 Å². The van der Waals surface area contributed by atoms with Gasteiger partial charge in [0.25, 0.3) is 0 Å². The zero-order valence-electron chi connectivity index (χ0n) is 18.6. The van der Waals surface area contributed by atoms with Crippen LogP contribution in [0.2, 0.25) is 0 Å². The van der Waals surface area contributed by atoms with E-state index in [0.717, 1.165) is 54.3 Å². The molecule has 0 aliphatic carbocycles. The number of pyridine rings is 1. The van der Waals surface area contributed by atoms with Crippen LogP contribution in [0.25, 0.3) is 22.2 Å². The van der Waals surface area contributed by atoms with Crippen LogP contribution in [0.3, 0.4) is 0 Å². The van der Waals surface area contributed by atoms with E-state index in [1.807, 2.05) is 30.3 Å². The zero-order chi connectivity index (χ0) is 23.7. The number of primary sulfonamides is 1. The van der Waals surface area contributed by atoms with Crippen molar-refractivity contribution in [1.29, 1.82) is 0 Å². The van der Waals surface area contributed by atoms with Gasteiger partial charge in [-0.15, -0.1) is 0 Å². The number of nitrogens with two attached hydrogens (primary N) is 1. The van der Waals surface area contributed by atoms with Crippen molar-refractivity contribution in [1.82, 2.24) is 15.0 Å². The Labute approximate surface area is 197 Å². The van der Waals surface area contributed by atoms with Gasteiger partial charge in [-0.2, -0.15) is 0 Å². The van der Waals surface area contributed by atoms with E-state index in [4.69, 9.17) is 14.9 Å². The quantitative estimate of drug-likeness (QED) is 0.468. The van der Waals surface area contributed by atoms with Gasteiger partial charge in [-0.1, -0.05) is 6.07 Å². The minimum Gasteiger partial charge on any atom is -0.497 e. The van der Waals surface area contributed by atoms with Crippen LogP contribution in [-0.4, -0.2) is 56.7 Å². The second-order valence-electron chi connectivity index (χ2n) is 8.06. The van der Waals surface area contributed by atoms with Crippen molar-refractivity contribution in [2.24, 2.45) is 5.14 Å². The van der Waals surface area contributed by atoms with Gasteiger partial charge in [0.1, 0.15) is 16.5 Å². The summed E-state index contributed by atoms with van der Waals surface area (Å²) in [4.78, 5) is 18.0. The molecule has 0 atom stereocenters. The Kier molecular flexibility index (Phi) is 5.76. The molecule has 2 N–H and O–H groups in total. The molecule has 0 bridgehead atoms. The average molecular weight is 477 g/mol. The molecular formula is C24H24N6O3S. The number of methoxy groups -OCH3 is 1. The van der Waals surface area contributed by atoms with Crippen LogP contribution in [0, 0.1) is 0 Å². The Bertz CT molecular complexity index is 1440. The van der Waals surface area contributed by atoms with Crippen molar-refractivity contribution in [3.05, 3.63) is 67.1 Å². The van der Waals surface area contributed by atoms with E-state index in [0.29, 0.717) is 5.56 Å². The first-order valence-electron chi connectivity index (χ1n) is 10.8. The molecule has 34 heavy (non-hydrogen) atoms. The van der Waals surface area contributed by atoms with Gasteiger partial charge >= 0.3 is 0 Å². The smallest absolute Gasteiger partial charge is 0.239 e. The molecule has 1 aliphatic heterocycles. The highest BCUT2D eigenvalue weighted by Gasteiger charge is 2.19. The van der Waals surface area contributed by atoms with Crippen LogP contribution in [0.1, 0.15) is 0 Å². The maximum atomic E-state index is 11.7. The van der Waals surface area contributed by atoms with E-state index >= 15 is 0 Å². The molecule has 10 heteroatoms. The summed E-state index contributed by atoms with van der Waals surface area (Å²) >= 11 is 0. The van der Waals surface area contributed by atoms with Gasteiger partial charge in [0.15, 0.2) is 0 Å². The summed E-state index contributed by atoms with van der Waals surface area (Å²) in [5.41, 5.74) is 4.11. The highest BCUT2D eigenvalue weighted by Crippen LogP contribution is 2.26. The molecule has 2 aromatic carbocycles. The lowest BCUT2D eigenvalue weighted by Gasteiger charge is -2.36. The van der Waals surface area contributed by atoms with Crippen LogP contribution in [0.4, 0.5) is 11.5 Å². The molecule has 0 spiro atoms. The van der Waals surface area contributed by atoms with E-state index in [9.17, 15) is 8.42 Å². The van der Waals surface area contributed by atoms with Crippen molar-refractivity contribution >= 4 is 32.6 Å². The van der Waals surface area contributed by atoms with Crippen molar-refractivity contribution in [2.45, 2.75) is 4.90 Å². The summed E-state index contributed by atoms with van der Waals surface area (Å²) in [6, 6.07) is 15.2. The Morgan fingerprint density at radius 1 is 0.853 bits per heavy atom. The lowest BCUT2D eigenvalue weighted by atomic mass is 10.1. The first-order valence-corrected chi connectivity index (χ1v) is 12.3. The van der Waals surface area contributed by atoms with Crippen LogP contribution in [0.15, 0.2) is 72.0 Å². The van der Waals surface area contributed by atoms with Crippen LogP contribution >= 0.6 is 0 Å². The molecule has 3 heterocycles. The lowest BCUT2D eigenvalue weighted by molar-refractivity contribution is 0.415. The molecule has 5 rings (SSSR count). The van der Waals surface area contributed by atoms with Gasteiger partial charge in [-0.25, -0.2) is 18.5 Å². The SMILES string of the molecule is COc1ccc(N2CCN(c3cnc4ccc(-c5cncc(S(N)(=O)=O)c5)cc4n3)CC2)cc1. The van der Waals surface area contributed by atoms with E-state index in [2.05, 4.69) is 31.9 Å². The number of rotatable bonds is 5. The maximum Gasteiger partial charge on any atom is 0.239 e. The summed E-state index contributed by atoms with van der Waals surface area (Å²) in [6.07, 6.45) is 4.64. The molecule has 0 amide bonds. The topological polar surface area (TPSA) is 115 Å². The Morgan fingerprint density at radius 3 is 2.29 bits per heavy atom. The highest BCUT2D eigenvalue weighted by molar-refractivity contribution is 7.89. The number of piperazine rings is 1. The van der Waals surface area contributed by atoms with Crippen molar-refractivity contribution in [3.8, 4) is 16.9 Å². The predicted octanol–water partition coefficient (Wildman–Crippen LogP) is 2.67. The predicted molar refractivity (Wildman–Crippen MR) is 132 cm³/mol. The lowest BCUT2D eigenvalue weighted by Crippen LogP contribution is -2.46. The summed E-state index contributed by atoms with van der Waals surface area (Å²) in [5.74, 6) is 1.66. The monoisotopic (exact) mass is 476 g/mol. The number of hydrogen-bond acceptors (Lipinski definition) is 8. The number of hydrogen-bond donors (Lipinski definition) is 1. The summed E-state index contributed by atoms with van der Waals surface area (Å²) in [5, 5.41) is 5.25. The Hall–Kier alpha value is -3.76. The van der Waals surface area contributed by atoms with Gasteiger partial charge in [0, 0.05) is 49.8 Å². The zero-order valence-corrected chi connectivity index (χ0v) is 19.4. The number of ether oxygens (including phenoxy) is 1.